The molecule has 0 fully saturated rings. The molecule has 22 heavy (non-hydrogen) atoms. The zero-order valence-electron chi connectivity index (χ0n) is 13.8. The van der Waals surface area contributed by atoms with Crippen molar-refractivity contribution in [3.05, 3.63) is 23.8 Å². The van der Waals surface area contributed by atoms with Crippen molar-refractivity contribution < 1.29 is 17.9 Å². The Morgan fingerprint density at radius 2 is 1.86 bits per heavy atom. The van der Waals surface area contributed by atoms with Crippen LogP contribution >= 0.6 is 0 Å². The third-order valence-electron chi connectivity index (χ3n) is 3.36. The van der Waals surface area contributed by atoms with Gasteiger partial charge in [0.15, 0.2) is 11.5 Å². The van der Waals surface area contributed by atoms with Crippen LogP contribution in [0.15, 0.2) is 18.2 Å². The first kappa shape index (κ1) is 18.7. The largest absolute Gasteiger partial charge is 0.493 e. The average Bonchev–Trinajstić information content (AvgIpc) is 2.49. The molecule has 0 aliphatic rings. The normalized spacial score (nSPS) is 11.7. The third-order valence-corrected chi connectivity index (χ3v) is 4.74. The molecule has 0 aliphatic carbocycles. The van der Waals surface area contributed by atoms with Crippen molar-refractivity contribution in [2.24, 2.45) is 0 Å². The second-order valence-electron chi connectivity index (χ2n) is 4.97. The highest BCUT2D eigenvalue weighted by molar-refractivity contribution is 7.88. The van der Waals surface area contributed by atoms with Crippen LogP contribution in [0.2, 0.25) is 0 Å². The van der Waals surface area contributed by atoms with Crippen LogP contribution in [0.4, 0.5) is 0 Å². The van der Waals surface area contributed by atoms with Crippen molar-refractivity contribution in [1.29, 1.82) is 0 Å². The summed E-state index contributed by atoms with van der Waals surface area (Å²) in [6, 6.07) is 5.78. The monoisotopic (exact) mass is 330 g/mol. The van der Waals surface area contributed by atoms with Crippen LogP contribution in [-0.4, -0.2) is 52.8 Å². The SMILES string of the molecule is CCN(CCCNCc1ccc(OC)c(OC)c1)S(C)(=O)=O. The quantitative estimate of drug-likeness (QED) is 0.658. The van der Waals surface area contributed by atoms with Crippen molar-refractivity contribution in [3.8, 4) is 11.5 Å². The summed E-state index contributed by atoms with van der Waals surface area (Å²) in [6.07, 6.45) is 2.02. The Bertz CT molecular complexity index is 561. The van der Waals surface area contributed by atoms with E-state index in [0.29, 0.717) is 31.1 Å². The first-order valence-corrected chi connectivity index (χ1v) is 9.14. The summed E-state index contributed by atoms with van der Waals surface area (Å²) in [4.78, 5) is 0. The molecule has 0 bridgehead atoms. The summed E-state index contributed by atoms with van der Waals surface area (Å²) in [5, 5.41) is 3.30. The van der Waals surface area contributed by atoms with E-state index in [9.17, 15) is 8.42 Å². The van der Waals surface area contributed by atoms with E-state index < -0.39 is 10.0 Å². The van der Waals surface area contributed by atoms with Crippen LogP contribution in [0.25, 0.3) is 0 Å². The van der Waals surface area contributed by atoms with Crippen LogP contribution in [0.3, 0.4) is 0 Å². The maximum atomic E-state index is 11.5. The van der Waals surface area contributed by atoms with E-state index in [2.05, 4.69) is 5.32 Å². The Balaban J connectivity index is 2.39. The molecular formula is C15H26N2O4S. The lowest BCUT2D eigenvalue weighted by Crippen LogP contribution is -2.32. The topological polar surface area (TPSA) is 67.9 Å². The molecule has 0 aliphatic heterocycles. The standard InChI is InChI=1S/C15H26N2O4S/c1-5-17(22(4,18)19)10-6-9-16-12-13-7-8-14(20-2)15(11-13)21-3/h7-8,11,16H,5-6,9-10,12H2,1-4H3. The molecule has 0 aromatic heterocycles. The fraction of sp³-hybridized carbons (Fsp3) is 0.600. The summed E-state index contributed by atoms with van der Waals surface area (Å²) in [5.41, 5.74) is 1.09. The number of ether oxygens (including phenoxy) is 2. The minimum atomic E-state index is -3.10. The first-order valence-electron chi connectivity index (χ1n) is 7.29. The number of hydrogen-bond acceptors (Lipinski definition) is 5. The summed E-state index contributed by atoms with van der Waals surface area (Å²) in [6.45, 7) is 4.34. The molecule has 1 aromatic rings. The van der Waals surface area contributed by atoms with Crippen LogP contribution in [0.5, 0.6) is 11.5 Å². The van der Waals surface area contributed by atoms with Gasteiger partial charge in [-0.3, -0.25) is 0 Å². The summed E-state index contributed by atoms with van der Waals surface area (Å²) >= 11 is 0. The Morgan fingerprint density at radius 1 is 1.18 bits per heavy atom. The molecule has 0 amide bonds. The van der Waals surface area contributed by atoms with E-state index in [0.717, 1.165) is 18.5 Å². The van der Waals surface area contributed by atoms with E-state index >= 15 is 0 Å². The van der Waals surface area contributed by atoms with Gasteiger partial charge in [0.2, 0.25) is 10.0 Å². The number of sulfonamides is 1. The number of rotatable bonds is 10. The lowest BCUT2D eigenvalue weighted by Gasteiger charge is -2.17. The van der Waals surface area contributed by atoms with E-state index in [1.54, 1.807) is 14.2 Å². The third kappa shape index (κ3) is 5.82. The number of nitrogens with zero attached hydrogens (tertiary/aromatic N) is 1. The van der Waals surface area contributed by atoms with Gasteiger partial charge in [0, 0.05) is 19.6 Å². The molecule has 6 nitrogen and oxygen atoms in total. The fourth-order valence-corrected chi connectivity index (χ4v) is 3.09. The average molecular weight is 330 g/mol. The summed E-state index contributed by atoms with van der Waals surface area (Å²) < 4.78 is 34.9. The van der Waals surface area contributed by atoms with Gasteiger partial charge in [0.05, 0.1) is 20.5 Å². The second kappa shape index (κ2) is 8.97. The molecule has 1 aromatic carbocycles. The van der Waals surface area contributed by atoms with Gasteiger partial charge < -0.3 is 14.8 Å². The Kier molecular flexibility index (Phi) is 7.64. The highest BCUT2D eigenvalue weighted by atomic mass is 32.2. The predicted octanol–water partition coefficient (Wildman–Crippen LogP) is 1.47. The predicted molar refractivity (Wildman–Crippen MR) is 88.0 cm³/mol. The number of nitrogens with one attached hydrogen (secondary N) is 1. The molecule has 1 N–H and O–H groups in total. The van der Waals surface area contributed by atoms with Gasteiger partial charge in [-0.1, -0.05) is 13.0 Å². The fourth-order valence-electron chi connectivity index (χ4n) is 2.16. The molecule has 7 heteroatoms. The van der Waals surface area contributed by atoms with Crippen molar-refractivity contribution in [3.63, 3.8) is 0 Å². The van der Waals surface area contributed by atoms with Gasteiger partial charge in [0.25, 0.3) is 0 Å². The molecular weight excluding hydrogens is 304 g/mol. The van der Waals surface area contributed by atoms with E-state index in [4.69, 9.17) is 9.47 Å². The van der Waals surface area contributed by atoms with Crippen LogP contribution in [0.1, 0.15) is 18.9 Å². The van der Waals surface area contributed by atoms with Crippen LogP contribution in [0, 0.1) is 0 Å². The molecule has 126 valence electrons. The van der Waals surface area contributed by atoms with Crippen LogP contribution < -0.4 is 14.8 Å². The van der Waals surface area contributed by atoms with Gasteiger partial charge in [-0.25, -0.2) is 12.7 Å². The summed E-state index contributed by atoms with van der Waals surface area (Å²) in [7, 11) is 0.123. The molecule has 0 atom stereocenters. The zero-order chi connectivity index (χ0) is 16.6. The maximum absolute atomic E-state index is 11.5. The lowest BCUT2D eigenvalue weighted by molar-refractivity contribution is 0.354. The molecule has 0 spiro atoms. The van der Waals surface area contributed by atoms with Crippen molar-refractivity contribution in [2.45, 2.75) is 19.9 Å². The minimum absolute atomic E-state index is 0.508. The van der Waals surface area contributed by atoms with E-state index in [-0.39, 0.29) is 0 Å². The second-order valence-corrected chi connectivity index (χ2v) is 6.96. The van der Waals surface area contributed by atoms with Crippen molar-refractivity contribution in [1.82, 2.24) is 9.62 Å². The first-order chi connectivity index (χ1) is 10.4. The maximum Gasteiger partial charge on any atom is 0.211 e. The molecule has 1 rings (SSSR count). The zero-order valence-corrected chi connectivity index (χ0v) is 14.6. The lowest BCUT2D eigenvalue weighted by atomic mass is 10.2. The molecule has 0 heterocycles. The van der Waals surface area contributed by atoms with E-state index in [1.165, 1.54) is 10.6 Å². The van der Waals surface area contributed by atoms with Crippen LogP contribution in [-0.2, 0) is 16.6 Å². The Hall–Kier alpha value is -1.31. The Morgan fingerprint density at radius 3 is 2.41 bits per heavy atom. The van der Waals surface area contributed by atoms with Gasteiger partial charge in [0.1, 0.15) is 0 Å². The van der Waals surface area contributed by atoms with Gasteiger partial charge in [-0.05, 0) is 30.7 Å². The van der Waals surface area contributed by atoms with Crippen molar-refractivity contribution >= 4 is 10.0 Å². The van der Waals surface area contributed by atoms with Gasteiger partial charge in [-0.15, -0.1) is 0 Å². The van der Waals surface area contributed by atoms with Gasteiger partial charge in [-0.2, -0.15) is 0 Å². The van der Waals surface area contributed by atoms with Crippen molar-refractivity contribution in [2.75, 3.05) is 40.1 Å². The molecule has 0 unspecified atom stereocenters. The van der Waals surface area contributed by atoms with Gasteiger partial charge >= 0.3 is 0 Å². The summed E-state index contributed by atoms with van der Waals surface area (Å²) in [5.74, 6) is 1.41. The molecule has 0 radical (unpaired) electrons. The highest BCUT2D eigenvalue weighted by Crippen LogP contribution is 2.27. The van der Waals surface area contributed by atoms with E-state index in [1.807, 2.05) is 25.1 Å². The minimum Gasteiger partial charge on any atom is -0.493 e. The number of hydrogen-bond donors (Lipinski definition) is 1. The number of methoxy groups -OCH3 is 2. The molecule has 0 saturated heterocycles. The number of benzene rings is 1. The Labute approximate surface area is 133 Å². The smallest absolute Gasteiger partial charge is 0.211 e. The highest BCUT2D eigenvalue weighted by Gasteiger charge is 2.13. The molecule has 0 saturated carbocycles.